The zero-order valence-corrected chi connectivity index (χ0v) is 21.2. The van der Waals surface area contributed by atoms with E-state index in [1.165, 1.54) is 0 Å². The average molecular weight is 523 g/mol. The van der Waals surface area contributed by atoms with Crippen LogP contribution < -0.4 is 11.2 Å². The molecule has 4 rings (SSSR count). The summed E-state index contributed by atoms with van der Waals surface area (Å²) in [6.45, 7) is 4.26. The fourth-order valence-corrected chi connectivity index (χ4v) is 4.94. The SMILES string of the molecule is CCC(CC)(CN)O/N=C1\CC(c2ccc(Cl)c(Cl)c2)Cc2c1c(=O)c1cc(Cl)ccc1n2O. The molecule has 1 aliphatic carbocycles. The molecule has 3 N–H and O–H groups in total. The zero-order chi connectivity index (χ0) is 24.6. The molecule has 34 heavy (non-hydrogen) atoms. The van der Waals surface area contributed by atoms with Crippen molar-refractivity contribution in [3.8, 4) is 0 Å². The van der Waals surface area contributed by atoms with Crippen LogP contribution in [-0.4, -0.2) is 27.8 Å². The summed E-state index contributed by atoms with van der Waals surface area (Å²) in [4.78, 5) is 19.6. The minimum atomic E-state index is -0.637. The van der Waals surface area contributed by atoms with Gasteiger partial charge in [-0.3, -0.25) is 4.79 Å². The van der Waals surface area contributed by atoms with Crippen molar-refractivity contribution in [1.29, 1.82) is 0 Å². The van der Waals surface area contributed by atoms with E-state index in [2.05, 4.69) is 5.16 Å². The number of oxime groups is 1. The number of rotatable bonds is 6. The van der Waals surface area contributed by atoms with Crippen molar-refractivity contribution in [3.63, 3.8) is 0 Å². The van der Waals surface area contributed by atoms with E-state index in [4.69, 9.17) is 45.4 Å². The molecule has 0 radical (unpaired) electrons. The van der Waals surface area contributed by atoms with Crippen LogP contribution in [0.4, 0.5) is 0 Å². The van der Waals surface area contributed by atoms with Crippen LogP contribution in [0.5, 0.6) is 0 Å². The van der Waals surface area contributed by atoms with Crippen molar-refractivity contribution in [1.82, 2.24) is 4.73 Å². The van der Waals surface area contributed by atoms with Crippen LogP contribution in [0.25, 0.3) is 10.9 Å². The molecule has 0 saturated heterocycles. The first kappa shape index (κ1) is 24.9. The first-order valence-corrected chi connectivity index (χ1v) is 12.3. The smallest absolute Gasteiger partial charge is 0.199 e. The van der Waals surface area contributed by atoms with Gasteiger partial charge in [-0.05, 0) is 61.1 Å². The molecule has 0 amide bonds. The van der Waals surface area contributed by atoms with E-state index >= 15 is 0 Å². The predicted molar refractivity (Wildman–Crippen MR) is 138 cm³/mol. The maximum atomic E-state index is 13.6. The monoisotopic (exact) mass is 521 g/mol. The second kappa shape index (κ2) is 9.78. The second-order valence-electron chi connectivity index (χ2n) is 8.63. The summed E-state index contributed by atoms with van der Waals surface area (Å²) in [6.07, 6.45) is 2.15. The Kier molecular flexibility index (Phi) is 7.15. The third-order valence-electron chi connectivity index (χ3n) is 6.80. The Morgan fingerprint density at radius 2 is 1.85 bits per heavy atom. The third kappa shape index (κ3) is 4.40. The fraction of sp³-hybridized carbons (Fsp3) is 0.360. The molecule has 9 heteroatoms. The van der Waals surface area contributed by atoms with Crippen molar-refractivity contribution in [2.75, 3.05) is 6.54 Å². The molecule has 0 saturated carbocycles. The second-order valence-corrected chi connectivity index (χ2v) is 9.88. The summed E-state index contributed by atoms with van der Waals surface area (Å²) in [5.41, 5.74) is 7.63. The van der Waals surface area contributed by atoms with Gasteiger partial charge in [0.1, 0.15) is 5.60 Å². The molecular weight excluding hydrogens is 497 g/mol. The van der Waals surface area contributed by atoms with Gasteiger partial charge in [0.25, 0.3) is 0 Å². The molecule has 2 aromatic carbocycles. The molecule has 1 aliphatic rings. The van der Waals surface area contributed by atoms with E-state index in [-0.39, 0.29) is 17.9 Å². The van der Waals surface area contributed by atoms with Crippen molar-refractivity contribution in [3.05, 3.63) is 78.5 Å². The molecule has 1 atom stereocenters. The number of nitrogens with zero attached hydrogens (tertiary/aromatic N) is 2. The van der Waals surface area contributed by atoms with Gasteiger partial charge in [-0.15, -0.1) is 0 Å². The van der Waals surface area contributed by atoms with Gasteiger partial charge in [-0.25, -0.2) is 0 Å². The largest absolute Gasteiger partial charge is 0.428 e. The van der Waals surface area contributed by atoms with Crippen LogP contribution in [-0.2, 0) is 11.3 Å². The molecule has 180 valence electrons. The standard InChI is InChI=1S/C25H26Cl3N3O3/c1-3-25(4-2,13-29)34-30-20-10-15(14-5-7-18(27)19(28)9-14)11-22-23(20)24(32)17-12-16(26)6-8-21(17)31(22)33/h5-9,12,15,33H,3-4,10-11,13,29H2,1-2H3/b30-20+. The normalized spacial score (nSPS) is 17.2. The van der Waals surface area contributed by atoms with Crippen LogP contribution in [0, 0.1) is 0 Å². The molecule has 0 bridgehead atoms. The van der Waals surface area contributed by atoms with Crippen molar-refractivity contribution in [2.24, 2.45) is 10.9 Å². The van der Waals surface area contributed by atoms with E-state index in [1.54, 1.807) is 30.3 Å². The highest BCUT2D eigenvalue weighted by Crippen LogP contribution is 2.36. The molecule has 0 spiro atoms. The van der Waals surface area contributed by atoms with Crippen molar-refractivity contribution in [2.45, 2.75) is 51.0 Å². The number of halogens is 3. The lowest BCUT2D eigenvalue weighted by Crippen LogP contribution is -2.39. The van der Waals surface area contributed by atoms with Gasteiger partial charge in [-0.2, -0.15) is 4.73 Å². The van der Waals surface area contributed by atoms with Gasteiger partial charge in [0.05, 0.1) is 37.9 Å². The third-order valence-corrected chi connectivity index (χ3v) is 7.77. The number of benzene rings is 2. The first-order valence-electron chi connectivity index (χ1n) is 11.2. The Bertz CT molecular complexity index is 1320. The van der Waals surface area contributed by atoms with Gasteiger partial charge in [0.2, 0.25) is 0 Å². The quantitative estimate of drug-likeness (QED) is 0.299. The Labute approximate surface area is 212 Å². The molecule has 0 aliphatic heterocycles. The molecule has 1 unspecified atom stereocenters. The minimum Gasteiger partial charge on any atom is -0.428 e. The van der Waals surface area contributed by atoms with E-state index in [1.807, 2.05) is 19.9 Å². The minimum absolute atomic E-state index is 0.109. The van der Waals surface area contributed by atoms with Gasteiger partial charge in [0.15, 0.2) is 5.43 Å². The summed E-state index contributed by atoms with van der Waals surface area (Å²) in [5, 5.41) is 17.2. The Balaban J connectivity index is 1.92. The van der Waals surface area contributed by atoms with E-state index < -0.39 is 5.60 Å². The number of nitrogens with two attached hydrogens (primary N) is 1. The lowest BCUT2D eigenvalue weighted by atomic mass is 9.80. The number of hydrogen-bond donors (Lipinski definition) is 2. The summed E-state index contributed by atoms with van der Waals surface area (Å²) in [5.74, 6) is -0.109. The van der Waals surface area contributed by atoms with Crippen LogP contribution in [0.1, 0.15) is 55.8 Å². The van der Waals surface area contributed by atoms with Gasteiger partial charge < -0.3 is 15.8 Å². The summed E-state index contributed by atoms with van der Waals surface area (Å²) in [7, 11) is 0. The molecule has 0 fully saturated rings. The Morgan fingerprint density at radius 3 is 2.50 bits per heavy atom. The highest BCUT2D eigenvalue weighted by Gasteiger charge is 2.33. The zero-order valence-electron chi connectivity index (χ0n) is 18.9. The summed E-state index contributed by atoms with van der Waals surface area (Å²) >= 11 is 18.5. The topological polar surface area (TPSA) is 89.8 Å². The van der Waals surface area contributed by atoms with E-state index in [0.29, 0.717) is 68.6 Å². The lowest BCUT2D eigenvalue weighted by molar-refractivity contribution is -0.0422. The fourth-order valence-electron chi connectivity index (χ4n) is 4.46. The maximum absolute atomic E-state index is 13.6. The van der Waals surface area contributed by atoms with Gasteiger partial charge >= 0.3 is 0 Å². The van der Waals surface area contributed by atoms with E-state index in [0.717, 1.165) is 10.3 Å². The summed E-state index contributed by atoms with van der Waals surface area (Å²) in [6, 6.07) is 10.3. The lowest BCUT2D eigenvalue weighted by Gasteiger charge is -2.30. The summed E-state index contributed by atoms with van der Waals surface area (Å²) < 4.78 is 1.05. The average Bonchev–Trinajstić information content (AvgIpc) is 2.85. The highest BCUT2D eigenvalue weighted by atomic mass is 35.5. The highest BCUT2D eigenvalue weighted by molar-refractivity contribution is 6.42. The number of pyridine rings is 1. The molecular formula is C25H26Cl3N3O3. The Hall–Kier alpha value is -2.25. The van der Waals surface area contributed by atoms with Crippen LogP contribution in [0.3, 0.4) is 0 Å². The van der Waals surface area contributed by atoms with Gasteiger partial charge in [-0.1, -0.05) is 59.9 Å². The first-order chi connectivity index (χ1) is 16.2. The van der Waals surface area contributed by atoms with E-state index in [9.17, 15) is 10.0 Å². The molecule has 3 aromatic rings. The van der Waals surface area contributed by atoms with Crippen LogP contribution in [0.2, 0.25) is 15.1 Å². The predicted octanol–water partition coefficient (Wildman–Crippen LogP) is 6.17. The maximum Gasteiger partial charge on any atom is 0.199 e. The molecule has 1 aromatic heterocycles. The molecule has 1 heterocycles. The molecule has 6 nitrogen and oxygen atoms in total. The number of fused-ring (bicyclic) bond motifs is 2. The van der Waals surface area contributed by atoms with Crippen LogP contribution >= 0.6 is 34.8 Å². The van der Waals surface area contributed by atoms with Crippen molar-refractivity contribution >= 4 is 51.4 Å². The van der Waals surface area contributed by atoms with Crippen LogP contribution in [0.15, 0.2) is 46.3 Å². The van der Waals surface area contributed by atoms with Gasteiger partial charge in [0, 0.05) is 18.0 Å². The van der Waals surface area contributed by atoms with Crippen molar-refractivity contribution < 1.29 is 10.0 Å². The number of aromatic nitrogens is 1. The Morgan fingerprint density at radius 1 is 1.12 bits per heavy atom. The number of hydrogen-bond acceptors (Lipinski definition) is 5.